The topological polar surface area (TPSA) is 94.3 Å². The van der Waals surface area contributed by atoms with Crippen LogP contribution in [0.3, 0.4) is 0 Å². The lowest BCUT2D eigenvalue weighted by molar-refractivity contribution is -0.123. The average Bonchev–Trinajstić information content (AvgIpc) is 2.73. The zero-order valence-corrected chi connectivity index (χ0v) is 11.6. The zero-order chi connectivity index (χ0) is 14.5. The van der Waals surface area contributed by atoms with Crippen LogP contribution in [0.25, 0.3) is 11.0 Å². The van der Waals surface area contributed by atoms with Crippen LogP contribution in [-0.2, 0) is 4.79 Å². The van der Waals surface area contributed by atoms with Gasteiger partial charge in [-0.1, -0.05) is 26.0 Å². The molecule has 5 N–H and O–H groups in total. The van der Waals surface area contributed by atoms with Gasteiger partial charge in [-0.25, -0.2) is 0 Å². The van der Waals surface area contributed by atoms with E-state index in [1.165, 1.54) is 0 Å². The normalized spacial score (nSPS) is 24.1. The number of furan rings is 1. The third-order valence-corrected chi connectivity index (χ3v) is 4.28. The summed E-state index contributed by atoms with van der Waals surface area (Å²) >= 11 is 0. The number of hydrogen-bond donors (Lipinski definition) is 3. The second-order valence-corrected chi connectivity index (χ2v) is 5.99. The summed E-state index contributed by atoms with van der Waals surface area (Å²) in [5.41, 5.74) is 12.8. The molecule has 5 nitrogen and oxygen atoms in total. The molecule has 1 aromatic carbocycles. The van der Waals surface area contributed by atoms with Crippen molar-refractivity contribution in [3.8, 4) is 0 Å². The second kappa shape index (κ2) is 4.33. The number of fused-ring (bicyclic) bond motifs is 1. The van der Waals surface area contributed by atoms with E-state index in [1.807, 2.05) is 18.2 Å². The number of nitrogens with two attached hydrogens (primary N) is 2. The van der Waals surface area contributed by atoms with E-state index in [2.05, 4.69) is 25.2 Å². The first-order valence-corrected chi connectivity index (χ1v) is 6.70. The second-order valence-electron chi connectivity index (χ2n) is 5.99. The Hall–Kier alpha value is -1.85. The third kappa shape index (κ3) is 1.90. The molecule has 1 heterocycles. The van der Waals surface area contributed by atoms with E-state index < -0.39 is 6.29 Å². The minimum atomic E-state index is -0.815. The maximum Gasteiger partial charge on any atom is 0.226 e. The standard InChI is InChI=1S/C15H19N3O2/c1-15(2)11(12(15)13(19)18-14(16)17)9-4-3-5-10-8(9)6-7-20-10/h3-7,11-12,14H,16-17H2,1-2H3,(H,18,19). The maximum atomic E-state index is 12.2. The summed E-state index contributed by atoms with van der Waals surface area (Å²) in [6.45, 7) is 4.17. The number of nitrogens with one attached hydrogen (secondary N) is 1. The van der Waals surface area contributed by atoms with Crippen LogP contribution in [0.5, 0.6) is 0 Å². The Kier molecular flexibility index (Phi) is 2.84. The molecule has 2 atom stereocenters. The summed E-state index contributed by atoms with van der Waals surface area (Å²) in [6, 6.07) is 7.89. The third-order valence-electron chi connectivity index (χ3n) is 4.28. The lowest BCUT2D eigenvalue weighted by Gasteiger charge is -2.08. The molecule has 1 fully saturated rings. The SMILES string of the molecule is CC1(C)C(C(=O)NC(N)N)C1c1cccc2occc12. The van der Waals surface area contributed by atoms with E-state index in [4.69, 9.17) is 15.9 Å². The molecule has 1 aliphatic carbocycles. The first-order chi connectivity index (χ1) is 9.43. The van der Waals surface area contributed by atoms with Crippen LogP contribution in [0.2, 0.25) is 0 Å². The van der Waals surface area contributed by atoms with E-state index >= 15 is 0 Å². The lowest BCUT2D eigenvalue weighted by Crippen LogP contribution is -2.49. The van der Waals surface area contributed by atoms with Gasteiger partial charge in [0.15, 0.2) is 0 Å². The molecule has 0 bridgehead atoms. The fourth-order valence-electron chi connectivity index (χ4n) is 3.25. The van der Waals surface area contributed by atoms with Gasteiger partial charge in [-0.15, -0.1) is 0 Å². The number of rotatable bonds is 3. The summed E-state index contributed by atoms with van der Waals surface area (Å²) in [5.74, 6) is -0.0457. The van der Waals surface area contributed by atoms with Crippen LogP contribution >= 0.6 is 0 Å². The molecule has 1 saturated carbocycles. The zero-order valence-electron chi connectivity index (χ0n) is 11.6. The molecule has 0 radical (unpaired) electrons. The molecular formula is C15H19N3O2. The Morgan fingerprint density at radius 3 is 2.80 bits per heavy atom. The van der Waals surface area contributed by atoms with Crippen molar-refractivity contribution in [2.45, 2.75) is 26.1 Å². The Labute approximate surface area is 117 Å². The van der Waals surface area contributed by atoms with Gasteiger partial charge in [-0.05, 0) is 23.1 Å². The van der Waals surface area contributed by atoms with Gasteiger partial charge >= 0.3 is 0 Å². The highest BCUT2D eigenvalue weighted by Crippen LogP contribution is 2.65. The van der Waals surface area contributed by atoms with E-state index in [1.54, 1.807) is 6.26 Å². The van der Waals surface area contributed by atoms with Crippen molar-refractivity contribution < 1.29 is 9.21 Å². The van der Waals surface area contributed by atoms with Crippen LogP contribution in [0, 0.1) is 11.3 Å². The maximum absolute atomic E-state index is 12.2. The van der Waals surface area contributed by atoms with Crippen LogP contribution in [0.15, 0.2) is 34.9 Å². The molecule has 2 unspecified atom stereocenters. The van der Waals surface area contributed by atoms with Crippen molar-refractivity contribution in [3.05, 3.63) is 36.1 Å². The summed E-state index contributed by atoms with van der Waals surface area (Å²) < 4.78 is 5.42. The fraction of sp³-hybridized carbons (Fsp3) is 0.400. The molecule has 0 spiro atoms. The monoisotopic (exact) mass is 273 g/mol. The molecule has 0 aliphatic heterocycles. The van der Waals surface area contributed by atoms with E-state index in [-0.39, 0.29) is 23.2 Å². The highest BCUT2D eigenvalue weighted by atomic mass is 16.3. The smallest absolute Gasteiger partial charge is 0.226 e. The summed E-state index contributed by atoms with van der Waals surface area (Å²) in [4.78, 5) is 12.2. The van der Waals surface area contributed by atoms with Gasteiger partial charge in [-0.2, -0.15) is 0 Å². The van der Waals surface area contributed by atoms with Gasteiger partial charge in [0, 0.05) is 11.3 Å². The molecule has 1 aliphatic rings. The summed E-state index contributed by atoms with van der Waals surface area (Å²) in [5, 5.41) is 3.66. The Morgan fingerprint density at radius 1 is 1.35 bits per heavy atom. The number of hydrogen-bond acceptors (Lipinski definition) is 4. The Balaban J connectivity index is 1.95. The first kappa shape index (κ1) is 13.1. The minimum absolute atomic E-state index is 0.0875. The number of amides is 1. The highest BCUT2D eigenvalue weighted by Gasteiger charge is 2.62. The van der Waals surface area contributed by atoms with Crippen LogP contribution in [-0.4, -0.2) is 12.2 Å². The van der Waals surface area contributed by atoms with Gasteiger partial charge in [0.2, 0.25) is 5.91 Å². The number of carbonyl (C=O) groups excluding carboxylic acids is 1. The summed E-state index contributed by atoms with van der Waals surface area (Å²) in [7, 11) is 0. The Morgan fingerprint density at radius 2 is 2.10 bits per heavy atom. The highest BCUT2D eigenvalue weighted by molar-refractivity contribution is 5.88. The predicted octanol–water partition coefficient (Wildman–Crippen LogP) is 1.49. The van der Waals surface area contributed by atoms with Gasteiger partial charge < -0.3 is 9.73 Å². The molecular weight excluding hydrogens is 254 g/mol. The van der Waals surface area contributed by atoms with Crippen LogP contribution in [0.4, 0.5) is 0 Å². The molecule has 20 heavy (non-hydrogen) atoms. The molecule has 106 valence electrons. The van der Waals surface area contributed by atoms with Crippen molar-refractivity contribution in [1.29, 1.82) is 0 Å². The van der Waals surface area contributed by atoms with Crippen molar-refractivity contribution >= 4 is 16.9 Å². The van der Waals surface area contributed by atoms with Crippen LogP contribution in [0.1, 0.15) is 25.3 Å². The van der Waals surface area contributed by atoms with E-state index in [9.17, 15) is 4.79 Å². The van der Waals surface area contributed by atoms with Gasteiger partial charge in [-0.3, -0.25) is 16.3 Å². The van der Waals surface area contributed by atoms with Crippen LogP contribution < -0.4 is 16.8 Å². The number of benzene rings is 1. The molecule has 0 saturated heterocycles. The van der Waals surface area contributed by atoms with Gasteiger partial charge in [0.1, 0.15) is 11.9 Å². The number of carbonyl (C=O) groups is 1. The predicted molar refractivity (Wildman–Crippen MR) is 76.5 cm³/mol. The van der Waals surface area contributed by atoms with Crippen molar-refractivity contribution in [2.24, 2.45) is 22.8 Å². The van der Waals surface area contributed by atoms with E-state index in [0.717, 1.165) is 16.5 Å². The quantitative estimate of drug-likeness (QED) is 0.738. The first-order valence-electron chi connectivity index (χ1n) is 6.70. The Bertz CT molecular complexity index is 660. The summed E-state index contributed by atoms with van der Waals surface area (Å²) in [6.07, 6.45) is 0.860. The van der Waals surface area contributed by atoms with Crippen molar-refractivity contribution in [1.82, 2.24) is 5.32 Å². The minimum Gasteiger partial charge on any atom is -0.464 e. The molecule has 5 heteroatoms. The van der Waals surface area contributed by atoms with Gasteiger partial charge in [0.05, 0.1) is 12.2 Å². The molecule has 2 aromatic rings. The van der Waals surface area contributed by atoms with E-state index in [0.29, 0.717) is 0 Å². The lowest BCUT2D eigenvalue weighted by atomic mass is 10.0. The largest absolute Gasteiger partial charge is 0.464 e. The van der Waals surface area contributed by atoms with Gasteiger partial charge in [0.25, 0.3) is 0 Å². The molecule has 1 aromatic heterocycles. The van der Waals surface area contributed by atoms with Crippen molar-refractivity contribution in [2.75, 3.05) is 0 Å². The average molecular weight is 273 g/mol. The van der Waals surface area contributed by atoms with Crippen molar-refractivity contribution in [3.63, 3.8) is 0 Å². The molecule has 1 amide bonds. The fourth-order valence-corrected chi connectivity index (χ4v) is 3.25. The molecule has 3 rings (SSSR count).